The molecule has 0 spiro atoms. The summed E-state index contributed by atoms with van der Waals surface area (Å²) in [7, 11) is -6.95. The smallest absolute Gasteiger partial charge is 0.184 e. The summed E-state index contributed by atoms with van der Waals surface area (Å²) in [4.78, 5) is 21.8. The Balaban J connectivity index is 0.000000173. The maximum Gasteiger partial charge on any atom is 0.184 e. The second kappa shape index (κ2) is 25.4. The molecule has 0 radical (unpaired) electrons. The van der Waals surface area contributed by atoms with Crippen LogP contribution in [0.25, 0.3) is 21.5 Å². The highest BCUT2D eigenvalue weighted by Crippen LogP contribution is 2.41. The molecule has 4 aromatic heterocycles. The summed E-state index contributed by atoms with van der Waals surface area (Å²) in [6.07, 6.45) is 14.6. The van der Waals surface area contributed by atoms with Crippen LogP contribution in [0.15, 0.2) is 144 Å². The lowest BCUT2D eigenvalue weighted by molar-refractivity contribution is 0.593. The summed E-state index contributed by atoms with van der Waals surface area (Å²) in [5.41, 5.74) is 4.80. The van der Waals surface area contributed by atoms with Gasteiger partial charge in [0, 0.05) is 60.0 Å². The second-order valence-electron chi connectivity index (χ2n) is 16.7. The van der Waals surface area contributed by atoms with E-state index in [-0.39, 0.29) is 11.5 Å². The van der Waals surface area contributed by atoms with Crippen LogP contribution in [0.3, 0.4) is 0 Å². The average molecular weight is 1020 g/mol. The van der Waals surface area contributed by atoms with E-state index in [1.54, 1.807) is 24.3 Å². The first-order valence-corrected chi connectivity index (χ1v) is 28.7. The van der Waals surface area contributed by atoms with Gasteiger partial charge in [0.25, 0.3) is 0 Å². The summed E-state index contributed by atoms with van der Waals surface area (Å²) in [6.45, 7) is 14.7. The van der Waals surface area contributed by atoms with Crippen molar-refractivity contribution in [3.05, 3.63) is 156 Å². The van der Waals surface area contributed by atoms with Crippen molar-refractivity contribution in [2.24, 2.45) is 0 Å². The van der Waals surface area contributed by atoms with Crippen LogP contribution in [0.5, 0.6) is 0 Å². The van der Waals surface area contributed by atoms with Crippen molar-refractivity contribution in [1.29, 1.82) is 0 Å². The number of nitrogens with zero attached hydrogens (tertiary/aromatic N) is 8. The van der Waals surface area contributed by atoms with Crippen molar-refractivity contribution in [3.8, 4) is 0 Å². The van der Waals surface area contributed by atoms with Crippen molar-refractivity contribution in [2.45, 2.75) is 86.8 Å². The lowest BCUT2D eigenvalue weighted by Gasteiger charge is -2.28. The minimum Gasteiger partial charge on any atom is -0.364 e. The maximum absolute atomic E-state index is 12.8. The van der Waals surface area contributed by atoms with Gasteiger partial charge in [0.2, 0.25) is 0 Å². The molecule has 2 saturated heterocycles. The molecule has 0 amide bonds. The van der Waals surface area contributed by atoms with E-state index in [4.69, 9.17) is 0 Å². The molecule has 2 aliphatic rings. The van der Waals surface area contributed by atoms with Gasteiger partial charge in [-0.15, -0.1) is 0 Å². The van der Waals surface area contributed by atoms with E-state index in [1.165, 1.54) is 23.8 Å². The van der Waals surface area contributed by atoms with E-state index < -0.39 is 19.7 Å². The summed E-state index contributed by atoms with van der Waals surface area (Å²) >= 11 is 2.23. The number of benzene rings is 4. The zero-order chi connectivity index (χ0) is 49.4. The Labute approximate surface area is 420 Å². The number of nitrogens with one attached hydrogen (secondary N) is 2. The fourth-order valence-corrected chi connectivity index (χ4v) is 13.1. The molecular formula is C52H62N10O4S4. The van der Waals surface area contributed by atoms with Gasteiger partial charge in [-0.1, -0.05) is 64.1 Å². The molecule has 0 unspecified atom stereocenters. The zero-order valence-electron chi connectivity index (χ0n) is 40.2. The van der Waals surface area contributed by atoms with Crippen LogP contribution in [-0.2, 0) is 31.2 Å². The van der Waals surface area contributed by atoms with Crippen LogP contribution in [0.1, 0.15) is 86.6 Å². The summed E-state index contributed by atoms with van der Waals surface area (Å²) in [6, 6.07) is 31.9. The number of hydrogen-bond donors (Lipinski definition) is 2. The molecule has 10 rings (SSSR count). The Kier molecular flexibility index (Phi) is 18.9. The monoisotopic (exact) mass is 1020 g/mol. The Morgan fingerprint density at radius 2 is 0.943 bits per heavy atom. The van der Waals surface area contributed by atoms with Gasteiger partial charge in [0.1, 0.15) is 34.2 Å². The van der Waals surface area contributed by atoms with Gasteiger partial charge in [0.15, 0.2) is 19.7 Å². The number of aromatic nitrogens is 6. The molecule has 2 aliphatic heterocycles. The largest absolute Gasteiger partial charge is 0.364 e. The highest BCUT2D eigenvalue weighted by Gasteiger charge is 2.29. The van der Waals surface area contributed by atoms with Crippen LogP contribution in [0, 0.1) is 0 Å². The van der Waals surface area contributed by atoms with Crippen LogP contribution >= 0.6 is 23.1 Å². The third-order valence-corrected chi connectivity index (χ3v) is 17.1. The molecule has 2 atom stereocenters. The Morgan fingerprint density at radius 1 is 0.543 bits per heavy atom. The van der Waals surface area contributed by atoms with Crippen LogP contribution < -0.4 is 20.4 Å². The van der Waals surface area contributed by atoms with E-state index in [1.807, 2.05) is 61.2 Å². The van der Waals surface area contributed by atoms with Gasteiger partial charge in [-0.25, -0.2) is 26.8 Å². The summed E-state index contributed by atoms with van der Waals surface area (Å²) < 4.78 is 59.2. The molecule has 18 heteroatoms. The third-order valence-electron chi connectivity index (χ3n) is 12.1. The van der Waals surface area contributed by atoms with Crippen LogP contribution in [0.4, 0.5) is 11.4 Å². The highest BCUT2D eigenvalue weighted by atomic mass is 32.2. The van der Waals surface area contributed by atoms with Crippen LogP contribution in [-0.4, -0.2) is 84.8 Å². The van der Waals surface area contributed by atoms with Gasteiger partial charge in [0.05, 0.1) is 21.9 Å². The Bertz CT molecular complexity index is 2860. The zero-order valence-corrected chi connectivity index (χ0v) is 43.5. The predicted octanol–water partition coefficient (Wildman–Crippen LogP) is 10.0. The first-order valence-electron chi connectivity index (χ1n) is 23.8. The Hall–Kier alpha value is -5.76. The van der Waals surface area contributed by atoms with Crippen molar-refractivity contribution in [3.63, 3.8) is 0 Å². The van der Waals surface area contributed by atoms with E-state index >= 15 is 0 Å². The molecule has 2 fully saturated rings. The SMILES string of the molecule is CCNCC.CCNCC.O=S(=O)(Cc1ncns1)c1ccc2c(N3CCC[C@@H]3c3ccncc3)cccc2c1.O=S(=O)(Cc1ncns1)c1ccc2c(N3CCC[C@H]3c3ccncc3)cccc2c1. The second-order valence-corrected chi connectivity index (χ2v) is 22.4. The maximum atomic E-state index is 12.8. The summed E-state index contributed by atoms with van der Waals surface area (Å²) in [5, 5.41) is 11.2. The first kappa shape index (κ1) is 52.1. The number of sulfone groups is 2. The normalized spacial score (nSPS) is 15.7. The molecule has 2 N–H and O–H groups in total. The molecule has 4 aromatic carbocycles. The van der Waals surface area contributed by atoms with E-state index in [0.29, 0.717) is 31.9 Å². The molecule has 0 bridgehead atoms. The average Bonchev–Trinajstić information content (AvgIpc) is 4.25. The van der Waals surface area contributed by atoms with Crippen molar-refractivity contribution < 1.29 is 16.8 Å². The molecule has 70 heavy (non-hydrogen) atoms. The number of hydrogen-bond acceptors (Lipinski definition) is 16. The molecule has 14 nitrogen and oxygen atoms in total. The molecule has 0 aliphatic carbocycles. The molecule has 368 valence electrons. The minimum absolute atomic E-state index is 0.126. The quantitative estimate of drug-likeness (QED) is 0.105. The molecule has 8 aromatic rings. The molecular weight excluding hydrogens is 957 g/mol. The fourth-order valence-electron chi connectivity index (χ4n) is 8.86. The van der Waals surface area contributed by atoms with Gasteiger partial charge < -0.3 is 20.4 Å². The molecule has 6 heterocycles. The highest BCUT2D eigenvalue weighted by molar-refractivity contribution is 7.91. The topological polar surface area (TPSA) is 176 Å². The van der Waals surface area contributed by atoms with E-state index in [9.17, 15) is 16.8 Å². The number of anilines is 2. The van der Waals surface area contributed by atoms with Crippen molar-refractivity contribution >= 4 is 75.7 Å². The minimum atomic E-state index is -3.47. The fraction of sp³-hybridized carbons (Fsp3) is 0.346. The van der Waals surface area contributed by atoms with Crippen molar-refractivity contribution in [2.75, 3.05) is 49.1 Å². The number of rotatable bonds is 14. The third kappa shape index (κ3) is 13.3. The summed E-state index contributed by atoms with van der Waals surface area (Å²) in [5.74, 6) is -0.252. The first-order chi connectivity index (χ1) is 34.1. The lowest BCUT2D eigenvalue weighted by Crippen LogP contribution is -2.22. The van der Waals surface area contributed by atoms with E-state index in [0.717, 1.165) is 121 Å². The Morgan fingerprint density at radius 3 is 1.29 bits per heavy atom. The van der Waals surface area contributed by atoms with Crippen molar-refractivity contribution in [1.82, 2.24) is 39.3 Å². The van der Waals surface area contributed by atoms with E-state index in [2.05, 4.69) is 113 Å². The van der Waals surface area contributed by atoms with Gasteiger partial charge in [-0.2, -0.15) is 8.75 Å². The number of fused-ring (bicyclic) bond motifs is 2. The number of pyridine rings is 2. The van der Waals surface area contributed by atoms with Gasteiger partial charge in [-0.3, -0.25) is 9.97 Å². The predicted molar refractivity (Wildman–Crippen MR) is 285 cm³/mol. The van der Waals surface area contributed by atoms with Gasteiger partial charge >= 0.3 is 0 Å². The standard InChI is InChI=1S/2C22H20N4O2S2.2C4H11N/c2*27-30(28,14-22-24-15-25-29-22)18-6-7-19-17(13-18)3-1-4-21(19)26-12-2-5-20(26)16-8-10-23-11-9-16;2*1-3-5-4-2/h2*1,3-4,6-11,13,15,20H,2,5,12,14H2;2*5H,3-4H2,1-2H3/t2*20-;;/m10../s1. The van der Waals surface area contributed by atoms with Crippen LogP contribution in [0.2, 0.25) is 0 Å². The van der Waals surface area contributed by atoms with Gasteiger partial charge in [-0.05, 0) is 157 Å². The molecule has 0 saturated carbocycles. The lowest BCUT2D eigenvalue weighted by atomic mass is 10.0.